The lowest BCUT2D eigenvalue weighted by Gasteiger charge is -2.29. The number of benzene rings is 4. The maximum atomic E-state index is 12.1. The summed E-state index contributed by atoms with van der Waals surface area (Å²) >= 11 is 0. The molecule has 35 heavy (non-hydrogen) atoms. The van der Waals surface area contributed by atoms with Crippen molar-refractivity contribution in [2.45, 2.75) is 25.2 Å². The monoisotopic (exact) mass is 459 g/mol. The second kappa shape index (κ2) is 10.5. The second-order valence-electron chi connectivity index (χ2n) is 8.84. The molecule has 0 unspecified atom stereocenters. The molecule has 0 saturated heterocycles. The third kappa shape index (κ3) is 5.37. The highest BCUT2D eigenvalue weighted by atomic mass is 16.5. The third-order valence-electron chi connectivity index (χ3n) is 6.30. The topological polar surface area (TPSA) is 34.4 Å². The summed E-state index contributed by atoms with van der Waals surface area (Å²) in [7, 11) is 0. The smallest absolute Gasteiger partial charge is 0.194 e. The molecule has 3 nitrogen and oxygen atoms in total. The highest BCUT2D eigenvalue weighted by molar-refractivity contribution is 5.39. The zero-order valence-corrected chi connectivity index (χ0v) is 19.6. The van der Waals surface area contributed by atoms with Gasteiger partial charge in [0.05, 0.1) is 6.54 Å². The summed E-state index contributed by atoms with van der Waals surface area (Å²) < 4.78 is 8.41. The van der Waals surface area contributed by atoms with Crippen molar-refractivity contribution < 1.29 is 9.84 Å². The molecule has 174 valence electrons. The van der Waals surface area contributed by atoms with E-state index in [0.29, 0.717) is 19.6 Å². The summed E-state index contributed by atoms with van der Waals surface area (Å²) in [6, 6.07) is 42.4. The van der Waals surface area contributed by atoms with E-state index in [2.05, 4.69) is 41.1 Å². The Labute approximate surface area is 206 Å². The lowest BCUT2D eigenvalue weighted by atomic mass is 9.82. The van der Waals surface area contributed by atoms with Gasteiger partial charge in [0.2, 0.25) is 0 Å². The van der Waals surface area contributed by atoms with Crippen LogP contribution in [0.15, 0.2) is 134 Å². The molecule has 0 aliphatic rings. The quantitative estimate of drug-likeness (QED) is 0.270. The van der Waals surface area contributed by atoms with Gasteiger partial charge in [-0.1, -0.05) is 121 Å². The van der Waals surface area contributed by atoms with Gasteiger partial charge in [-0.2, -0.15) is 0 Å². The first-order valence-electron chi connectivity index (χ1n) is 11.9. The maximum Gasteiger partial charge on any atom is 0.194 e. The molecule has 0 amide bonds. The van der Waals surface area contributed by atoms with Crippen LogP contribution in [0.1, 0.15) is 27.8 Å². The van der Waals surface area contributed by atoms with Crippen LogP contribution in [0.4, 0.5) is 0 Å². The van der Waals surface area contributed by atoms with Gasteiger partial charge in [0.15, 0.2) is 5.88 Å². The number of aliphatic hydroxyl groups is 1. The zero-order valence-electron chi connectivity index (χ0n) is 19.6. The van der Waals surface area contributed by atoms with Crippen LogP contribution in [0.2, 0.25) is 0 Å². The molecule has 0 atom stereocenters. The average molecular weight is 460 g/mol. The largest absolute Gasteiger partial charge is 0.474 e. The zero-order chi connectivity index (χ0) is 23.9. The fourth-order valence-electron chi connectivity index (χ4n) is 4.49. The van der Waals surface area contributed by atoms with Gasteiger partial charge in [0.1, 0.15) is 12.2 Å². The van der Waals surface area contributed by atoms with Crippen LogP contribution >= 0.6 is 0 Å². The summed E-state index contributed by atoms with van der Waals surface area (Å²) in [4.78, 5) is 0. The van der Waals surface area contributed by atoms with Crippen molar-refractivity contribution >= 4 is 0 Å². The Bertz CT molecular complexity index is 1290. The van der Waals surface area contributed by atoms with E-state index < -0.39 is 5.60 Å². The van der Waals surface area contributed by atoms with E-state index in [4.69, 9.17) is 4.74 Å². The lowest BCUT2D eigenvalue weighted by Crippen LogP contribution is -2.30. The van der Waals surface area contributed by atoms with Crippen molar-refractivity contribution in [1.82, 2.24) is 4.57 Å². The van der Waals surface area contributed by atoms with Crippen molar-refractivity contribution in [2.24, 2.45) is 0 Å². The molecule has 4 aromatic carbocycles. The average Bonchev–Trinajstić information content (AvgIpc) is 3.30. The fourth-order valence-corrected chi connectivity index (χ4v) is 4.49. The van der Waals surface area contributed by atoms with Gasteiger partial charge >= 0.3 is 0 Å². The van der Waals surface area contributed by atoms with Gasteiger partial charge in [-0.05, 0) is 27.8 Å². The summed E-state index contributed by atoms with van der Waals surface area (Å²) in [6.07, 6.45) is 2.54. The molecule has 0 bridgehead atoms. The summed E-state index contributed by atoms with van der Waals surface area (Å²) in [5.74, 6) is 0.788. The number of aromatic nitrogens is 1. The van der Waals surface area contributed by atoms with Gasteiger partial charge in [0.25, 0.3) is 0 Å². The normalized spacial score (nSPS) is 11.3. The first-order chi connectivity index (χ1) is 17.2. The molecule has 3 heteroatoms. The predicted molar refractivity (Wildman–Crippen MR) is 140 cm³/mol. The van der Waals surface area contributed by atoms with E-state index in [1.807, 2.05) is 97.1 Å². The second-order valence-corrected chi connectivity index (χ2v) is 8.84. The Morgan fingerprint density at radius 3 is 1.63 bits per heavy atom. The third-order valence-corrected chi connectivity index (χ3v) is 6.30. The molecular weight excluding hydrogens is 430 g/mol. The number of ether oxygens (including phenoxy) is 1. The molecular formula is C32H29NO2. The minimum absolute atomic E-state index is 0.435. The fraction of sp³-hybridized carbons (Fsp3) is 0.125. The van der Waals surface area contributed by atoms with Crippen molar-refractivity contribution in [3.63, 3.8) is 0 Å². The summed E-state index contributed by atoms with van der Waals surface area (Å²) in [6.45, 7) is 1.18. The van der Waals surface area contributed by atoms with Crippen molar-refractivity contribution in [2.75, 3.05) is 0 Å². The molecule has 0 saturated carbocycles. The van der Waals surface area contributed by atoms with Crippen LogP contribution in [-0.2, 0) is 25.2 Å². The molecule has 0 radical (unpaired) electrons. The molecule has 0 aliphatic heterocycles. The Morgan fingerprint density at radius 1 is 0.600 bits per heavy atom. The first kappa shape index (κ1) is 22.7. The predicted octanol–water partition coefficient (Wildman–Crippen LogP) is 6.59. The number of hydrogen-bond acceptors (Lipinski definition) is 2. The van der Waals surface area contributed by atoms with E-state index in [1.165, 1.54) is 5.56 Å². The van der Waals surface area contributed by atoms with Crippen LogP contribution < -0.4 is 4.74 Å². The van der Waals surface area contributed by atoms with E-state index in [0.717, 1.165) is 28.1 Å². The van der Waals surface area contributed by atoms with Crippen LogP contribution in [0, 0.1) is 0 Å². The SMILES string of the molecule is OC(Cc1cc(OCc2ccccc2)n(Cc2ccccc2)c1)(c1ccccc1)c1ccccc1. The molecule has 1 N–H and O–H groups in total. The highest BCUT2D eigenvalue weighted by Gasteiger charge is 2.32. The highest BCUT2D eigenvalue weighted by Crippen LogP contribution is 2.34. The summed E-state index contributed by atoms with van der Waals surface area (Å²) in [5.41, 5.74) is 3.91. The Morgan fingerprint density at radius 2 is 1.09 bits per heavy atom. The standard InChI is InChI=1S/C32H29NO2/c34-32(29-17-9-3-10-18-29,30-19-11-4-12-20-30)22-28-21-31(35-25-27-15-7-2-8-16-27)33(24-28)23-26-13-5-1-6-14-26/h1-21,24,34H,22-23,25H2. The van der Waals surface area contributed by atoms with Crippen molar-refractivity contribution in [1.29, 1.82) is 0 Å². The van der Waals surface area contributed by atoms with E-state index in [9.17, 15) is 5.11 Å². The Balaban J connectivity index is 1.49. The van der Waals surface area contributed by atoms with Crippen molar-refractivity contribution in [3.05, 3.63) is 161 Å². The van der Waals surface area contributed by atoms with Gasteiger partial charge in [-0.3, -0.25) is 0 Å². The van der Waals surface area contributed by atoms with E-state index in [-0.39, 0.29) is 0 Å². The Hall–Kier alpha value is -4.08. The number of hydrogen-bond donors (Lipinski definition) is 1. The molecule has 0 aliphatic carbocycles. The number of rotatable bonds is 9. The Kier molecular flexibility index (Phi) is 6.78. The number of nitrogens with zero attached hydrogens (tertiary/aromatic N) is 1. The van der Waals surface area contributed by atoms with E-state index >= 15 is 0 Å². The molecule has 1 aromatic heterocycles. The molecule has 5 aromatic rings. The molecule has 0 fully saturated rings. The van der Waals surface area contributed by atoms with Crippen LogP contribution in [0.5, 0.6) is 5.88 Å². The minimum atomic E-state index is -1.15. The first-order valence-corrected chi connectivity index (χ1v) is 11.9. The van der Waals surface area contributed by atoms with Gasteiger partial charge in [-0.15, -0.1) is 0 Å². The van der Waals surface area contributed by atoms with E-state index in [1.54, 1.807) is 0 Å². The lowest BCUT2D eigenvalue weighted by molar-refractivity contribution is 0.0811. The van der Waals surface area contributed by atoms with Crippen molar-refractivity contribution in [3.8, 4) is 5.88 Å². The van der Waals surface area contributed by atoms with Crippen LogP contribution in [0.25, 0.3) is 0 Å². The molecule has 0 spiro atoms. The van der Waals surface area contributed by atoms with Gasteiger partial charge in [-0.25, -0.2) is 0 Å². The van der Waals surface area contributed by atoms with Crippen LogP contribution in [-0.4, -0.2) is 9.67 Å². The molecule has 1 heterocycles. The van der Waals surface area contributed by atoms with Gasteiger partial charge in [0, 0.05) is 18.7 Å². The maximum absolute atomic E-state index is 12.1. The minimum Gasteiger partial charge on any atom is -0.474 e. The molecule has 5 rings (SSSR count). The summed E-state index contributed by atoms with van der Waals surface area (Å²) in [5, 5.41) is 12.1. The van der Waals surface area contributed by atoms with Gasteiger partial charge < -0.3 is 14.4 Å². The van der Waals surface area contributed by atoms with Crippen LogP contribution in [0.3, 0.4) is 0 Å².